The molecule has 1 aromatic rings. The fourth-order valence-electron chi connectivity index (χ4n) is 2.17. The molecule has 0 spiro atoms. The van der Waals surface area contributed by atoms with E-state index in [9.17, 15) is 0 Å². The number of nitriles is 1. The van der Waals surface area contributed by atoms with E-state index in [1.54, 1.807) is 0 Å². The highest BCUT2D eigenvalue weighted by Gasteiger charge is 2.42. The molecule has 1 heterocycles. The number of nitrogens with one attached hydrogen (secondary N) is 1. The van der Waals surface area contributed by atoms with E-state index in [1.807, 2.05) is 0 Å². The van der Waals surface area contributed by atoms with Crippen molar-refractivity contribution in [1.82, 2.24) is 9.88 Å². The lowest BCUT2D eigenvalue weighted by atomic mass is 10.0. The highest BCUT2D eigenvalue weighted by Crippen LogP contribution is 2.50. The summed E-state index contributed by atoms with van der Waals surface area (Å²) < 4.78 is 2.31. The lowest BCUT2D eigenvalue weighted by Crippen LogP contribution is -2.24. The van der Waals surface area contributed by atoms with Crippen LogP contribution in [0.5, 0.6) is 0 Å². The Hall–Kier alpha value is -1.27. The van der Waals surface area contributed by atoms with Gasteiger partial charge in [0.25, 0.3) is 0 Å². The van der Waals surface area contributed by atoms with E-state index >= 15 is 0 Å². The Morgan fingerprint density at radius 2 is 2.29 bits per heavy atom. The summed E-state index contributed by atoms with van der Waals surface area (Å²) in [5, 5.41) is 12.3. The van der Waals surface area contributed by atoms with Crippen molar-refractivity contribution in [2.24, 2.45) is 5.41 Å². The minimum Gasteiger partial charge on any atom is -0.350 e. The van der Waals surface area contributed by atoms with E-state index in [0.29, 0.717) is 12.5 Å². The van der Waals surface area contributed by atoms with E-state index < -0.39 is 0 Å². The van der Waals surface area contributed by atoms with Crippen LogP contribution < -0.4 is 5.32 Å². The van der Waals surface area contributed by atoms with Gasteiger partial charge in [-0.2, -0.15) is 5.26 Å². The van der Waals surface area contributed by atoms with Crippen LogP contribution in [0.3, 0.4) is 0 Å². The van der Waals surface area contributed by atoms with Crippen LogP contribution in [-0.2, 0) is 13.1 Å². The molecule has 0 atom stereocenters. The van der Waals surface area contributed by atoms with Crippen LogP contribution in [0.2, 0.25) is 0 Å². The van der Waals surface area contributed by atoms with Crippen molar-refractivity contribution in [3.63, 3.8) is 0 Å². The molecule has 1 saturated carbocycles. The smallest absolute Gasteiger partial charge is 0.0628 e. The van der Waals surface area contributed by atoms with E-state index in [1.165, 1.54) is 18.5 Å². The molecule has 0 amide bonds. The van der Waals surface area contributed by atoms with Gasteiger partial charge in [0.15, 0.2) is 0 Å². The summed E-state index contributed by atoms with van der Waals surface area (Å²) in [6, 6.07) is 7.09. The first-order valence-corrected chi connectivity index (χ1v) is 6.40. The zero-order valence-corrected chi connectivity index (χ0v) is 10.7. The van der Waals surface area contributed by atoms with Crippen LogP contribution >= 0.6 is 0 Å². The van der Waals surface area contributed by atoms with Gasteiger partial charge in [-0.1, -0.05) is 13.8 Å². The third kappa shape index (κ3) is 3.10. The highest BCUT2D eigenvalue weighted by molar-refractivity contribution is 5.10. The number of rotatable bonds is 6. The Balaban J connectivity index is 1.97. The fourth-order valence-corrected chi connectivity index (χ4v) is 2.17. The van der Waals surface area contributed by atoms with E-state index in [-0.39, 0.29) is 5.41 Å². The standard InChI is InChI=1S/C14H21N3/c1-12(2)16-10-13-4-3-9-17(13)11-14(5-6-14)7-8-15/h3-4,9,12,16H,5-7,10-11H2,1-2H3. The molecule has 3 nitrogen and oxygen atoms in total. The molecule has 0 aromatic carbocycles. The molecule has 0 saturated heterocycles. The van der Waals surface area contributed by atoms with Gasteiger partial charge in [0.05, 0.1) is 6.07 Å². The van der Waals surface area contributed by atoms with Crippen LogP contribution in [0, 0.1) is 16.7 Å². The summed E-state index contributed by atoms with van der Waals surface area (Å²) in [4.78, 5) is 0. The van der Waals surface area contributed by atoms with Crippen molar-refractivity contribution >= 4 is 0 Å². The van der Waals surface area contributed by atoms with Crippen LogP contribution in [0.4, 0.5) is 0 Å². The second-order valence-corrected chi connectivity index (χ2v) is 5.50. The Labute approximate surface area is 103 Å². The Bertz CT molecular complexity index is 407. The van der Waals surface area contributed by atoms with Gasteiger partial charge in [-0.15, -0.1) is 0 Å². The van der Waals surface area contributed by atoms with Crippen molar-refractivity contribution < 1.29 is 0 Å². The van der Waals surface area contributed by atoms with Gasteiger partial charge in [0.2, 0.25) is 0 Å². The number of hydrogen-bond donors (Lipinski definition) is 1. The minimum atomic E-state index is 0.278. The largest absolute Gasteiger partial charge is 0.350 e. The van der Waals surface area contributed by atoms with Gasteiger partial charge < -0.3 is 9.88 Å². The molecule has 17 heavy (non-hydrogen) atoms. The number of nitrogens with zero attached hydrogens (tertiary/aromatic N) is 2. The van der Waals surface area contributed by atoms with Crippen molar-refractivity contribution in [3.05, 3.63) is 24.0 Å². The molecule has 1 aromatic heterocycles. The zero-order valence-electron chi connectivity index (χ0n) is 10.7. The summed E-state index contributed by atoms with van der Waals surface area (Å²) in [5.74, 6) is 0. The third-order valence-electron chi connectivity index (χ3n) is 3.53. The van der Waals surface area contributed by atoms with Gasteiger partial charge in [-0.3, -0.25) is 0 Å². The molecular formula is C14H21N3. The highest BCUT2D eigenvalue weighted by atomic mass is 15.0. The summed E-state index contributed by atoms with van der Waals surface area (Å²) in [7, 11) is 0. The molecule has 1 N–H and O–H groups in total. The molecule has 3 heteroatoms. The molecule has 1 aliphatic carbocycles. The molecular weight excluding hydrogens is 210 g/mol. The van der Waals surface area contributed by atoms with E-state index in [4.69, 9.17) is 5.26 Å². The summed E-state index contributed by atoms with van der Waals surface area (Å²) in [6.45, 7) is 6.23. The summed E-state index contributed by atoms with van der Waals surface area (Å²) in [6.07, 6.45) is 5.24. The lowest BCUT2D eigenvalue weighted by molar-refractivity contribution is 0.418. The van der Waals surface area contributed by atoms with Crippen molar-refractivity contribution in [2.75, 3.05) is 0 Å². The third-order valence-corrected chi connectivity index (χ3v) is 3.53. The van der Waals surface area contributed by atoms with Crippen LogP contribution in [-0.4, -0.2) is 10.6 Å². The average molecular weight is 231 g/mol. The minimum absolute atomic E-state index is 0.278. The van der Waals surface area contributed by atoms with E-state index in [2.05, 4.69) is 48.1 Å². The predicted octanol–water partition coefficient (Wildman–Crippen LogP) is 2.68. The predicted molar refractivity (Wildman–Crippen MR) is 68.3 cm³/mol. The molecule has 2 rings (SSSR count). The Morgan fingerprint density at radius 1 is 1.53 bits per heavy atom. The quantitative estimate of drug-likeness (QED) is 0.817. The van der Waals surface area contributed by atoms with E-state index in [0.717, 1.165) is 13.1 Å². The van der Waals surface area contributed by atoms with Crippen LogP contribution in [0.25, 0.3) is 0 Å². The first-order valence-electron chi connectivity index (χ1n) is 6.40. The number of hydrogen-bond acceptors (Lipinski definition) is 2. The van der Waals surface area contributed by atoms with Gasteiger partial charge in [-0.05, 0) is 25.0 Å². The maximum absolute atomic E-state index is 8.84. The molecule has 92 valence electrons. The molecule has 0 bridgehead atoms. The van der Waals surface area contributed by atoms with Crippen LogP contribution in [0.1, 0.15) is 38.8 Å². The Kier molecular flexibility index (Phi) is 3.54. The average Bonchev–Trinajstić information content (AvgIpc) is 2.88. The zero-order chi connectivity index (χ0) is 12.3. The monoisotopic (exact) mass is 231 g/mol. The summed E-state index contributed by atoms with van der Waals surface area (Å²) >= 11 is 0. The van der Waals surface area contributed by atoms with Gasteiger partial charge >= 0.3 is 0 Å². The van der Waals surface area contributed by atoms with Gasteiger partial charge in [0, 0.05) is 42.9 Å². The molecule has 1 aliphatic rings. The molecule has 0 unspecified atom stereocenters. The second-order valence-electron chi connectivity index (χ2n) is 5.50. The van der Waals surface area contributed by atoms with Gasteiger partial charge in [0.1, 0.15) is 0 Å². The van der Waals surface area contributed by atoms with Gasteiger partial charge in [-0.25, -0.2) is 0 Å². The van der Waals surface area contributed by atoms with Crippen LogP contribution in [0.15, 0.2) is 18.3 Å². The summed E-state index contributed by atoms with van der Waals surface area (Å²) in [5.41, 5.74) is 1.60. The SMILES string of the molecule is CC(C)NCc1cccn1CC1(CC#N)CC1. The molecule has 0 aliphatic heterocycles. The topological polar surface area (TPSA) is 40.8 Å². The van der Waals surface area contributed by atoms with Crippen molar-refractivity contribution in [1.29, 1.82) is 5.26 Å². The van der Waals surface area contributed by atoms with Crippen molar-refractivity contribution in [2.45, 2.75) is 52.2 Å². The first-order chi connectivity index (χ1) is 8.15. The maximum atomic E-state index is 8.84. The molecule has 0 radical (unpaired) electrons. The normalized spacial score (nSPS) is 17.1. The fraction of sp³-hybridized carbons (Fsp3) is 0.643. The first kappa shape index (κ1) is 12.2. The Morgan fingerprint density at radius 3 is 2.88 bits per heavy atom. The lowest BCUT2D eigenvalue weighted by Gasteiger charge is -2.16. The number of aromatic nitrogens is 1. The second kappa shape index (κ2) is 4.93. The molecule has 1 fully saturated rings. The van der Waals surface area contributed by atoms with Crippen molar-refractivity contribution in [3.8, 4) is 6.07 Å². The maximum Gasteiger partial charge on any atom is 0.0628 e.